The maximum absolute atomic E-state index is 3.70. The normalized spacial score (nSPS) is 12.4. The molecule has 0 unspecified atom stereocenters. The summed E-state index contributed by atoms with van der Waals surface area (Å²) in [6.45, 7) is 9.10. The molecule has 0 nitrogen and oxygen atoms in total. The van der Waals surface area contributed by atoms with Crippen LogP contribution in [0.5, 0.6) is 0 Å². The van der Waals surface area contributed by atoms with Gasteiger partial charge in [0.05, 0.1) is 0 Å². The second-order valence-corrected chi connectivity index (χ2v) is 6.98. The van der Waals surface area contributed by atoms with Crippen LogP contribution in [-0.2, 0) is 6.42 Å². The lowest BCUT2D eigenvalue weighted by atomic mass is 9.76. The molecule has 0 saturated heterocycles. The second kappa shape index (κ2) is 7.09. The lowest BCUT2D eigenvalue weighted by molar-refractivity contribution is 0.268. The molecule has 0 radical (unpaired) electrons. The van der Waals surface area contributed by atoms with Crippen molar-refractivity contribution >= 4 is 31.9 Å². The Labute approximate surface area is 129 Å². The fraction of sp³-hybridized carbons (Fsp3) is 0.625. The summed E-state index contributed by atoms with van der Waals surface area (Å²) < 4.78 is 0. The molecule has 0 bridgehead atoms. The summed E-state index contributed by atoms with van der Waals surface area (Å²) in [6.07, 6.45) is 1.12. The van der Waals surface area contributed by atoms with E-state index >= 15 is 0 Å². The molecule has 0 aliphatic carbocycles. The van der Waals surface area contributed by atoms with Crippen molar-refractivity contribution in [3.8, 4) is 0 Å². The summed E-state index contributed by atoms with van der Waals surface area (Å²) in [5.41, 5.74) is 3.16. The van der Waals surface area contributed by atoms with Gasteiger partial charge in [0, 0.05) is 10.7 Å². The van der Waals surface area contributed by atoms with Crippen LogP contribution in [0.15, 0.2) is 24.3 Å². The molecule has 102 valence electrons. The molecule has 1 rings (SSSR count). The largest absolute Gasteiger partial charge is 0.0921 e. The highest BCUT2D eigenvalue weighted by atomic mass is 79.9. The van der Waals surface area contributed by atoms with Gasteiger partial charge in [-0.3, -0.25) is 0 Å². The lowest BCUT2D eigenvalue weighted by Gasteiger charge is -2.34. The zero-order valence-corrected chi connectivity index (χ0v) is 15.0. The highest BCUT2D eigenvalue weighted by molar-refractivity contribution is 9.09. The average Bonchev–Trinajstić information content (AvgIpc) is 2.36. The third-order valence-electron chi connectivity index (χ3n) is 3.96. The van der Waals surface area contributed by atoms with Crippen LogP contribution in [0.25, 0.3) is 0 Å². The van der Waals surface area contributed by atoms with Crippen LogP contribution >= 0.6 is 31.9 Å². The Morgan fingerprint density at radius 1 is 0.944 bits per heavy atom. The Bertz CT molecular complexity index is 348. The predicted octanol–water partition coefficient (Wildman–Crippen LogP) is 5.78. The van der Waals surface area contributed by atoms with E-state index in [0.29, 0.717) is 17.3 Å². The summed E-state index contributed by atoms with van der Waals surface area (Å²) in [7, 11) is 0. The first-order valence-corrected chi connectivity index (χ1v) is 8.90. The minimum atomic E-state index is 0.305. The molecule has 0 N–H and O–H groups in total. The van der Waals surface area contributed by atoms with E-state index < -0.39 is 0 Å². The molecule has 0 heterocycles. The molecule has 0 atom stereocenters. The van der Waals surface area contributed by atoms with Gasteiger partial charge in [0.2, 0.25) is 0 Å². The Hall–Kier alpha value is 0.180. The van der Waals surface area contributed by atoms with Gasteiger partial charge in [0.25, 0.3) is 0 Å². The molecule has 0 aromatic heterocycles. The summed E-state index contributed by atoms with van der Waals surface area (Å²) >= 11 is 7.40. The van der Waals surface area contributed by atoms with E-state index in [4.69, 9.17) is 0 Å². The van der Waals surface area contributed by atoms with Crippen LogP contribution in [-0.4, -0.2) is 10.7 Å². The molecule has 18 heavy (non-hydrogen) atoms. The lowest BCUT2D eigenvalue weighted by Crippen LogP contribution is -2.33. The summed E-state index contributed by atoms with van der Waals surface area (Å²) in [6, 6.07) is 9.12. The fourth-order valence-corrected chi connectivity index (χ4v) is 4.69. The first-order chi connectivity index (χ1) is 8.45. The van der Waals surface area contributed by atoms with Crippen LogP contribution in [0, 0.1) is 11.3 Å². The quantitative estimate of drug-likeness (QED) is 0.552. The van der Waals surface area contributed by atoms with E-state index in [1.165, 1.54) is 11.1 Å². The van der Waals surface area contributed by atoms with E-state index in [1.807, 2.05) is 0 Å². The first kappa shape index (κ1) is 16.2. The molecule has 0 aliphatic rings. The van der Waals surface area contributed by atoms with E-state index in [1.54, 1.807) is 0 Å². The zero-order chi connectivity index (χ0) is 13.8. The maximum atomic E-state index is 3.70. The second-order valence-electron chi connectivity index (χ2n) is 5.86. The summed E-state index contributed by atoms with van der Waals surface area (Å²) in [5, 5.41) is 2.07. The number of halogens is 2. The molecular formula is C16H24Br2. The van der Waals surface area contributed by atoms with E-state index in [0.717, 1.165) is 17.1 Å². The van der Waals surface area contributed by atoms with E-state index in [9.17, 15) is 0 Å². The van der Waals surface area contributed by atoms with Gasteiger partial charge in [-0.05, 0) is 34.8 Å². The molecule has 0 saturated carbocycles. The number of rotatable bonds is 6. The third-order valence-corrected chi connectivity index (χ3v) is 6.19. The minimum absolute atomic E-state index is 0.305. The topological polar surface area (TPSA) is 0 Å². The minimum Gasteiger partial charge on any atom is -0.0921 e. The Morgan fingerprint density at radius 3 is 1.78 bits per heavy atom. The van der Waals surface area contributed by atoms with Crippen LogP contribution in [0.4, 0.5) is 0 Å². The monoisotopic (exact) mass is 374 g/mol. The molecule has 1 aromatic carbocycles. The molecular weight excluding hydrogens is 352 g/mol. The van der Waals surface area contributed by atoms with Gasteiger partial charge in [0.1, 0.15) is 0 Å². The summed E-state index contributed by atoms with van der Waals surface area (Å²) in [5.74, 6) is 1.27. The Balaban J connectivity index is 2.88. The van der Waals surface area contributed by atoms with E-state index in [-0.39, 0.29) is 0 Å². The van der Waals surface area contributed by atoms with Crippen molar-refractivity contribution in [2.24, 2.45) is 11.3 Å². The molecule has 2 heteroatoms. The molecule has 0 fully saturated rings. The van der Waals surface area contributed by atoms with Crippen LogP contribution in [0.3, 0.4) is 0 Å². The summed E-state index contributed by atoms with van der Waals surface area (Å²) in [4.78, 5) is 0. The van der Waals surface area contributed by atoms with Crippen molar-refractivity contribution in [1.29, 1.82) is 0 Å². The standard InChI is InChI=1S/C16H24Br2/c1-12(2)15-7-5-14(6-8-15)9-16(10-17,11-18)13(3)4/h5-8,12-13H,9-11H2,1-4H3. The molecule has 0 amide bonds. The van der Waals surface area contributed by atoms with Crippen molar-refractivity contribution in [3.05, 3.63) is 35.4 Å². The van der Waals surface area contributed by atoms with Gasteiger partial charge >= 0.3 is 0 Å². The molecule has 1 aromatic rings. The van der Waals surface area contributed by atoms with Crippen LogP contribution in [0.2, 0.25) is 0 Å². The van der Waals surface area contributed by atoms with Gasteiger partial charge in [-0.25, -0.2) is 0 Å². The number of hydrogen-bond acceptors (Lipinski definition) is 0. The van der Waals surface area contributed by atoms with Crippen molar-refractivity contribution in [3.63, 3.8) is 0 Å². The van der Waals surface area contributed by atoms with Gasteiger partial charge < -0.3 is 0 Å². The smallest absolute Gasteiger partial charge is 0.0102 e. The van der Waals surface area contributed by atoms with Gasteiger partial charge in [-0.15, -0.1) is 0 Å². The van der Waals surface area contributed by atoms with E-state index in [2.05, 4.69) is 83.8 Å². The third kappa shape index (κ3) is 3.84. The Kier molecular flexibility index (Phi) is 6.40. The van der Waals surface area contributed by atoms with Gasteiger partial charge in [-0.1, -0.05) is 83.8 Å². The van der Waals surface area contributed by atoms with Crippen molar-refractivity contribution in [1.82, 2.24) is 0 Å². The molecule has 0 aliphatic heterocycles. The van der Waals surface area contributed by atoms with Crippen molar-refractivity contribution < 1.29 is 0 Å². The fourth-order valence-electron chi connectivity index (χ4n) is 2.07. The predicted molar refractivity (Wildman–Crippen MR) is 89.1 cm³/mol. The highest BCUT2D eigenvalue weighted by Crippen LogP contribution is 2.36. The first-order valence-electron chi connectivity index (χ1n) is 6.66. The van der Waals surface area contributed by atoms with Crippen molar-refractivity contribution in [2.75, 3.05) is 10.7 Å². The highest BCUT2D eigenvalue weighted by Gasteiger charge is 2.31. The zero-order valence-electron chi connectivity index (χ0n) is 11.8. The average molecular weight is 376 g/mol. The van der Waals surface area contributed by atoms with Crippen LogP contribution in [0.1, 0.15) is 44.7 Å². The SMILES string of the molecule is CC(C)c1ccc(CC(CBr)(CBr)C(C)C)cc1. The number of alkyl halides is 2. The Morgan fingerprint density at radius 2 is 1.44 bits per heavy atom. The van der Waals surface area contributed by atoms with Gasteiger partial charge in [0.15, 0.2) is 0 Å². The number of hydrogen-bond donors (Lipinski definition) is 0. The van der Waals surface area contributed by atoms with Crippen molar-refractivity contribution in [2.45, 2.75) is 40.0 Å². The maximum Gasteiger partial charge on any atom is 0.0102 e. The van der Waals surface area contributed by atoms with Gasteiger partial charge in [-0.2, -0.15) is 0 Å². The van der Waals surface area contributed by atoms with Crippen LogP contribution < -0.4 is 0 Å². The number of benzene rings is 1. The molecule has 0 spiro atoms.